The molecule has 2 heterocycles. The molecule has 5 rings (SSSR count). The Kier molecular flexibility index (Phi) is 6.04. The van der Waals surface area contributed by atoms with Crippen molar-refractivity contribution in [2.45, 2.75) is 43.5 Å². The number of carboxylic acid groups (broad SMARTS) is 1. The number of fused-ring (bicyclic) bond motifs is 1. The number of aryl methyl sites for hydroxylation is 1. The molecule has 1 unspecified atom stereocenters. The molecular formula is C25H28FN3O5S. The first-order chi connectivity index (χ1) is 16.7. The van der Waals surface area contributed by atoms with Crippen LogP contribution in [0.5, 0.6) is 5.75 Å². The Balaban J connectivity index is 1.56. The molecule has 2 fully saturated rings. The highest BCUT2D eigenvalue weighted by Gasteiger charge is 2.46. The van der Waals surface area contributed by atoms with E-state index >= 15 is 0 Å². The number of nitrogens with zero attached hydrogens (tertiary/aromatic N) is 3. The predicted molar refractivity (Wildman–Crippen MR) is 127 cm³/mol. The number of aromatic nitrogens is 2. The number of hydrogen-bond donors (Lipinski definition) is 1. The lowest BCUT2D eigenvalue weighted by Gasteiger charge is -2.34. The predicted octanol–water partition coefficient (Wildman–Crippen LogP) is 3.78. The number of carbonyl (C=O) groups is 1. The van der Waals surface area contributed by atoms with Crippen molar-refractivity contribution in [3.63, 3.8) is 0 Å². The molecule has 0 amide bonds. The van der Waals surface area contributed by atoms with Crippen LogP contribution in [-0.4, -0.2) is 53.8 Å². The van der Waals surface area contributed by atoms with E-state index in [0.717, 1.165) is 41.8 Å². The zero-order valence-corrected chi connectivity index (χ0v) is 20.5. The van der Waals surface area contributed by atoms with E-state index in [4.69, 9.17) is 9.84 Å². The SMILES string of the molecule is COc1ccc(S(=O)(=O)N2CC(C3CCC3)[C@@H](n3nc(CC(=O)O)c4ccc(C)cc43)C2)c(F)c1. The highest BCUT2D eigenvalue weighted by atomic mass is 32.2. The van der Waals surface area contributed by atoms with E-state index in [1.54, 1.807) is 0 Å². The van der Waals surface area contributed by atoms with Crippen molar-refractivity contribution in [1.29, 1.82) is 0 Å². The van der Waals surface area contributed by atoms with Crippen molar-refractivity contribution < 1.29 is 27.4 Å². The molecule has 2 atom stereocenters. The van der Waals surface area contributed by atoms with Crippen molar-refractivity contribution >= 4 is 26.9 Å². The molecule has 2 aliphatic rings. The summed E-state index contributed by atoms with van der Waals surface area (Å²) in [4.78, 5) is 11.1. The van der Waals surface area contributed by atoms with Crippen LogP contribution in [0.25, 0.3) is 10.9 Å². The van der Waals surface area contributed by atoms with Gasteiger partial charge in [0.2, 0.25) is 10.0 Å². The van der Waals surface area contributed by atoms with Crippen LogP contribution in [0.15, 0.2) is 41.3 Å². The maximum atomic E-state index is 14.8. The molecule has 1 aliphatic carbocycles. The molecule has 8 nitrogen and oxygen atoms in total. The molecule has 0 bridgehead atoms. The van der Waals surface area contributed by atoms with Gasteiger partial charge in [0.15, 0.2) is 0 Å². The summed E-state index contributed by atoms with van der Waals surface area (Å²) in [5.74, 6) is -1.23. The number of methoxy groups -OCH3 is 1. The van der Waals surface area contributed by atoms with Crippen molar-refractivity contribution in [1.82, 2.24) is 14.1 Å². The van der Waals surface area contributed by atoms with E-state index in [1.807, 2.05) is 29.8 Å². The van der Waals surface area contributed by atoms with Crippen molar-refractivity contribution in [3.05, 3.63) is 53.5 Å². The van der Waals surface area contributed by atoms with Gasteiger partial charge in [-0.25, -0.2) is 12.8 Å². The molecule has 1 aliphatic heterocycles. The zero-order chi connectivity index (χ0) is 24.9. The molecule has 2 aromatic carbocycles. The number of benzene rings is 2. The Morgan fingerprint density at radius 3 is 2.60 bits per heavy atom. The Morgan fingerprint density at radius 1 is 1.20 bits per heavy atom. The van der Waals surface area contributed by atoms with Crippen LogP contribution in [0.4, 0.5) is 4.39 Å². The van der Waals surface area contributed by atoms with Gasteiger partial charge >= 0.3 is 5.97 Å². The minimum absolute atomic E-state index is 0.00104. The van der Waals surface area contributed by atoms with E-state index in [9.17, 15) is 22.7 Å². The first-order valence-corrected chi connectivity index (χ1v) is 13.2. The van der Waals surface area contributed by atoms with Gasteiger partial charge in [0.1, 0.15) is 16.5 Å². The quantitative estimate of drug-likeness (QED) is 0.529. The summed E-state index contributed by atoms with van der Waals surface area (Å²) in [5, 5.41) is 14.9. The van der Waals surface area contributed by atoms with Crippen molar-refractivity contribution in [3.8, 4) is 5.75 Å². The standard InChI is InChI=1S/C25H28FN3O5S/c1-15-6-8-18-21(12-25(30)31)27-29(22(18)10-15)23-14-28(13-19(23)16-4-3-5-16)35(32,33)24-9-7-17(34-2)11-20(24)26/h6-11,16,19,23H,3-5,12-14H2,1-2H3,(H,30,31)/t19?,23-/m0/s1. The normalized spacial score (nSPS) is 21.3. The third-order valence-electron chi connectivity index (χ3n) is 7.38. The van der Waals surface area contributed by atoms with Crippen LogP contribution in [0, 0.1) is 24.6 Å². The van der Waals surface area contributed by atoms with Gasteiger partial charge in [-0.3, -0.25) is 9.48 Å². The summed E-state index contributed by atoms with van der Waals surface area (Å²) < 4.78 is 50.0. The van der Waals surface area contributed by atoms with E-state index in [1.165, 1.54) is 23.5 Å². The van der Waals surface area contributed by atoms with E-state index in [2.05, 4.69) is 0 Å². The average Bonchev–Trinajstić information content (AvgIpc) is 3.34. The largest absolute Gasteiger partial charge is 0.497 e. The van der Waals surface area contributed by atoms with Gasteiger partial charge < -0.3 is 9.84 Å². The lowest BCUT2D eigenvalue weighted by atomic mass is 9.74. The number of halogens is 1. The van der Waals surface area contributed by atoms with Gasteiger partial charge in [-0.05, 0) is 42.5 Å². The summed E-state index contributed by atoms with van der Waals surface area (Å²) in [5.41, 5.74) is 2.26. The molecule has 1 N–H and O–H groups in total. The topological polar surface area (TPSA) is 102 Å². The summed E-state index contributed by atoms with van der Waals surface area (Å²) in [6.45, 7) is 2.37. The molecule has 0 spiro atoms. The lowest BCUT2D eigenvalue weighted by Crippen LogP contribution is -2.32. The summed E-state index contributed by atoms with van der Waals surface area (Å²) >= 11 is 0. The molecule has 1 saturated heterocycles. The first-order valence-electron chi connectivity index (χ1n) is 11.7. The van der Waals surface area contributed by atoms with Crippen LogP contribution < -0.4 is 4.74 Å². The summed E-state index contributed by atoms with van der Waals surface area (Å²) in [6.07, 6.45) is 2.89. The maximum Gasteiger partial charge on any atom is 0.309 e. The van der Waals surface area contributed by atoms with Gasteiger partial charge in [0.25, 0.3) is 0 Å². The summed E-state index contributed by atoms with van der Waals surface area (Å²) in [6, 6.07) is 9.24. The fraction of sp³-hybridized carbons (Fsp3) is 0.440. The minimum atomic E-state index is -4.09. The minimum Gasteiger partial charge on any atom is -0.497 e. The van der Waals surface area contributed by atoms with E-state index in [0.29, 0.717) is 11.6 Å². The zero-order valence-electron chi connectivity index (χ0n) is 19.6. The fourth-order valence-corrected chi connectivity index (χ4v) is 6.90. The van der Waals surface area contributed by atoms with Crippen LogP contribution in [0.1, 0.15) is 36.6 Å². The highest BCUT2D eigenvalue weighted by molar-refractivity contribution is 7.89. The third-order valence-corrected chi connectivity index (χ3v) is 9.25. The van der Waals surface area contributed by atoms with Crippen LogP contribution in [0.3, 0.4) is 0 Å². The van der Waals surface area contributed by atoms with Gasteiger partial charge in [-0.1, -0.05) is 31.4 Å². The number of sulfonamides is 1. The molecule has 1 aromatic heterocycles. The van der Waals surface area contributed by atoms with Crippen LogP contribution in [0.2, 0.25) is 0 Å². The Morgan fingerprint density at radius 2 is 1.97 bits per heavy atom. The van der Waals surface area contributed by atoms with Gasteiger partial charge in [-0.15, -0.1) is 0 Å². The van der Waals surface area contributed by atoms with Crippen molar-refractivity contribution in [2.75, 3.05) is 20.2 Å². The third kappa shape index (κ3) is 4.18. The number of hydrogen-bond acceptors (Lipinski definition) is 5. The molecule has 0 radical (unpaired) electrons. The lowest BCUT2D eigenvalue weighted by molar-refractivity contribution is -0.136. The molecule has 10 heteroatoms. The van der Waals surface area contributed by atoms with E-state index < -0.39 is 21.8 Å². The first kappa shape index (κ1) is 23.7. The number of ether oxygens (including phenoxy) is 1. The molecular weight excluding hydrogens is 473 g/mol. The highest BCUT2D eigenvalue weighted by Crippen LogP contribution is 2.45. The Hall–Kier alpha value is -2.98. The average molecular weight is 502 g/mol. The van der Waals surface area contributed by atoms with Gasteiger partial charge in [-0.2, -0.15) is 9.40 Å². The van der Waals surface area contributed by atoms with Gasteiger partial charge in [0.05, 0.1) is 30.8 Å². The Labute approximate surface area is 203 Å². The molecule has 3 aromatic rings. The smallest absolute Gasteiger partial charge is 0.309 e. The molecule has 186 valence electrons. The molecule has 1 saturated carbocycles. The maximum absolute atomic E-state index is 14.8. The van der Waals surface area contributed by atoms with E-state index in [-0.39, 0.29) is 42.1 Å². The van der Waals surface area contributed by atoms with Crippen LogP contribution in [-0.2, 0) is 21.2 Å². The Bertz CT molecular complexity index is 1400. The second-order valence-corrected chi connectivity index (χ2v) is 11.4. The summed E-state index contributed by atoms with van der Waals surface area (Å²) in [7, 11) is -2.70. The fourth-order valence-electron chi connectivity index (χ4n) is 5.36. The molecule has 35 heavy (non-hydrogen) atoms. The van der Waals surface area contributed by atoms with Crippen LogP contribution >= 0.6 is 0 Å². The second-order valence-electron chi connectivity index (χ2n) is 9.52. The number of carboxylic acids is 1. The van der Waals surface area contributed by atoms with Crippen molar-refractivity contribution in [2.24, 2.45) is 11.8 Å². The van der Waals surface area contributed by atoms with Gasteiger partial charge in [0, 0.05) is 24.5 Å². The monoisotopic (exact) mass is 501 g/mol. The number of rotatable bonds is 7. The second kappa shape index (κ2) is 8.91. The number of aliphatic carboxylic acids is 1.